The second-order valence-corrected chi connectivity index (χ2v) is 8.28. The van der Waals surface area contributed by atoms with Gasteiger partial charge in [-0.15, -0.1) is 13.2 Å². The van der Waals surface area contributed by atoms with Gasteiger partial charge in [0.15, 0.2) is 5.69 Å². The van der Waals surface area contributed by atoms with Crippen molar-refractivity contribution in [2.24, 2.45) is 5.92 Å². The van der Waals surface area contributed by atoms with E-state index in [4.69, 9.17) is 5.10 Å². The number of nitrogens with zero attached hydrogens (tertiary/aromatic N) is 4. The third kappa shape index (κ3) is 4.34. The van der Waals surface area contributed by atoms with Crippen molar-refractivity contribution in [2.45, 2.75) is 58.5 Å². The van der Waals surface area contributed by atoms with Gasteiger partial charge in [-0.2, -0.15) is 5.10 Å². The normalized spacial score (nSPS) is 19.6. The summed E-state index contributed by atoms with van der Waals surface area (Å²) in [7, 11) is 0. The molecule has 0 N–H and O–H groups in total. The molecule has 1 fully saturated rings. The minimum Gasteiger partial charge on any atom is -0.337 e. The number of fused-ring (bicyclic) bond motifs is 1. The van der Waals surface area contributed by atoms with E-state index >= 15 is 0 Å². The molecule has 0 aromatic carbocycles. The minimum atomic E-state index is 0.130. The van der Waals surface area contributed by atoms with Crippen LogP contribution < -0.4 is 0 Å². The standard InChI is InChI=1S/C22H34N4O/c1-5-11-24(12-6-2)18-9-10-20-19(15-18)21(23-26(20)16-17(3)4)22(27)25-13-7-8-14-25/h5-6,17-18H,1-2,7-16H2,3-4H3. The van der Waals surface area contributed by atoms with Gasteiger partial charge >= 0.3 is 0 Å². The Kier molecular flexibility index (Phi) is 6.53. The molecule has 3 rings (SSSR count). The summed E-state index contributed by atoms with van der Waals surface area (Å²) in [6.45, 7) is 16.5. The third-order valence-electron chi connectivity index (χ3n) is 5.70. The number of hydrogen-bond donors (Lipinski definition) is 0. The molecule has 0 saturated carbocycles. The molecule has 0 spiro atoms. The first-order valence-electron chi connectivity index (χ1n) is 10.4. The fraction of sp³-hybridized carbons (Fsp3) is 0.636. The Morgan fingerprint density at radius 2 is 1.93 bits per heavy atom. The van der Waals surface area contributed by atoms with Gasteiger partial charge in [0.2, 0.25) is 0 Å². The van der Waals surface area contributed by atoms with Crippen LogP contribution in [0.4, 0.5) is 0 Å². The first-order valence-corrected chi connectivity index (χ1v) is 10.4. The maximum absolute atomic E-state index is 13.2. The number of amides is 1. The van der Waals surface area contributed by atoms with Crippen molar-refractivity contribution in [2.75, 3.05) is 26.2 Å². The van der Waals surface area contributed by atoms with E-state index < -0.39 is 0 Å². The van der Waals surface area contributed by atoms with Crippen LogP contribution >= 0.6 is 0 Å². The van der Waals surface area contributed by atoms with Crippen molar-refractivity contribution in [1.82, 2.24) is 19.6 Å². The van der Waals surface area contributed by atoms with Gasteiger partial charge < -0.3 is 4.90 Å². The monoisotopic (exact) mass is 370 g/mol. The quantitative estimate of drug-likeness (QED) is 0.659. The van der Waals surface area contributed by atoms with Gasteiger partial charge in [-0.3, -0.25) is 14.4 Å². The van der Waals surface area contributed by atoms with Gasteiger partial charge in [-0.05, 0) is 38.0 Å². The molecule has 2 heterocycles. The maximum atomic E-state index is 13.2. The predicted molar refractivity (Wildman–Crippen MR) is 110 cm³/mol. The lowest BCUT2D eigenvalue weighted by molar-refractivity contribution is 0.0784. The predicted octanol–water partition coefficient (Wildman–Crippen LogP) is 3.31. The summed E-state index contributed by atoms with van der Waals surface area (Å²) in [6.07, 6.45) is 9.10. The Bertz CT molecular complexity index is 675. The molecule has 1 aliphatic carbocycles. The SMILES string of the molecule is C=CCN(CC=C)C1CCc2c(c(C(=O)N3CCCC3)nn2CC(C)C)C1. The largest absolute Gasteiger partial charge is 0.337 e. The van der Waals surface area contributed by atoms with E-state index in [-0.39, 0.29) is 5.91 Å². The van der Waals surface area contributed by atoms with Crippen molar-refractivity contribution < 1.29 is 4.79 Å². The zero-order valence-electron chi connectivity index (χ0n) is 17.0. The Balaban J connectivity index is 1.91. The molecular weight excluding hydrogens is 336 g/mol. The van der Waals surface area contributed by atoms with Gasteiger partial charge in [0, 0.05) is 50.0 Å². The highest BCUT2D eigenvalue weighted by molar-refractivity contribution is 5.94. The van der Waals surface area contributed by atoms with Gasteiger partial charge in [-0.25, -0.2) is 0 Å². The number of carbonyl (C=O) groups is 1. The Morgan fingerprint density at radius 1 is 1.26 bits per heavy atom. The summed E-state index contributed by atoms with van der Waals surface area (Å²) in [6, 6.07) is 0.412. The highest BCUT2D eigenvalue weighted by Gasteiger charge is 2.33. The molecule has 1 aromatic heterocycles. The molecule has 1 aliphatic heterocycles. The topological polar surface area (TPSA) is 41.4 Å². The molecule has 27 heavy (non-hydrogen) atoms. The maximum Gasteiger partial charge on any atom is 0.274 e. The van der Waals surface area contributed by atoms with Gasteiger partial charge in [0.25, 0.3) is 5.91 Å². The Labute approximate surface area is 163 Å². The lowest BCUT2D eigenvalue weighted by atomic mass is 9.89. The zero-order valence-corrected chi connectivity index (χ0v) is 17.0. The van der Waals surface area contributed by atoms with Crippen molar-refractivity contribution >= 4 is 5.91 Å². The second kappa shape index (κ2) is 8.87. The van der Waals surface area contributed by atoms with Crippen LogP contribution in [0.1, 0.15) is 54.9 Å². The van der Waals surface area contributed by atoms with Crippen LogP contribution in [-0.4, -0.2) is 57.7 Å². The van der Waals surface area contributed by atoms with E-state index in [0.717, 1.165) is 64.8 Å². The average Bonchev–Trinajstić information content (AvgIpc) is 3.29. The molecule has 148 valence electrons. The van der Waals surface area contributed by atoms with Crippen LogP contribution in [0.2, 0.25) is 0 Å². The van der Waals surface area contributed by atoms with E-state index in [1.165, 1.54) is 11.3 Å². The molecule has 1 amide bonds. The second-order valence-electron chi connectivity index (χ2n) is 8.28. The highest BCUT2D eigenvalue weighted by Crippen LogP contribution is 2.29. The number of rotatable bonds is 8. The van der Waals surface area contributed by atoms with Crippen LogP contribution in [-0.2, 0) is 19.4 Å². The minimum absolute atomic E-state index is 0.130. The molecule has 1 unspecified atom stereocenters. The van der Waals surface area contributed by atoms with E-state index in [1.54, 1.807) is 0 Å². The van der Waals surface area contributed by atoms with Crippen molar-refractivity contribution in [3.05, 3.63) is 42.3 Å². The Morgan fingerprint density at radius 3 is 2.52 bits per heavy atom. The first-order chi connectivity index (χ1) is 13.0. The number of likely N-dealkylation sites (tertiary alicyclic amines) is 1. The van der Waals surface area contributed by atoms with Crippen LogP contribution in [0.5, 0.6) is 0 Å². The number of carbonyl (C=O) groups excluding carboxylic acids is 1. The van der Waals surface area contributed by atoms with Crippen molar-refractivity contribution in [3.63, 3.8) is 0 Å². The molecule has 5 nitrogen and oxygen atoms in total. The first kappa shape index (κ1) is 19.9. The van der Waals surface area contributed by atoms with Crippen LogP contribution in [0, 0.1) is 5.92 Å². The lowest BCUT2D eigenvalue weighted by Crippen LogP contribution is -2.40. The molecule has 5 heteroatoms. The van der Waals surface area contributed by atoms with E-state index in [2.05, 4.69) is 36.6 Å². The molecule has 0 radical (unpaired) electrons. The van der Waals surface area contributed by atoms with Crippen LogP contribution in [0.15, 0.2) is 25.3 Å². The van der Waals surface area contributed by atoms with Crippen LogP contribution in [0.3, 0.4) is 0 Å². The smallest absolute Gasteiger partial charge is 0.274 e. The van der Waals surface area contributed by atoms with Crippen molar-refractivity contribution in [1.29, 1.82) is 0 Å². The molecular formula is C22H34N4O. The fourth-order valence-electron chi connectivity index (χ4n) is 4.42. The van der Waals surface area contributed by atoms with Gasteiger partial charge in [-0.1, -0.05) is 26.0 Å². The number of hydrogen-bond acceptors (Lipinski definition) is 3. The summed E-state index contributed by atoms with van der Waals surface area (Å²) >= 11 is 0. The molecule has 1 atom stereocenters. The summed E-state index contributed by atoms with van der Waals surface area (Å²) in [4.78, 5) is 17.5. The van der Waals surface area contributed by atoms with Crippen molar-refractivity contribution in [3.8, 4) is 0 Å². The highest BCUT2D eigenvalue weighted by atomic mass is 16.2. The fourth-order valence-corrected chi connectivity index (χ4v) is 4.42. The third-order valence-corrected chi connectivity index (χ3v) is 5.70. The summed E-state index contributed by atoms with van der Waals surface area (Å²) < 4.78 is 2.12. The Hall–Kier alpha value is -1.88. The van der Waals surface area contributed by atoms with E-state index in [1.807, 2.05) is 17.1 Å². The summed E-state index contributed by atoms with van der Waals surface area (Å²) in [5.74, 6) is 0.644. The zero-order chi connectivity index (χ0) is 19.4. The summed E-state index contributed by atoms with van der Waals surface area (Å²) in [5.41, 5.74) is 3.16. The summed E-state index contributed by atoms with van der Waals surface area (Å²) in [5, 5.41) is 4.83. The lowest BCUT2D eigenvalue weighted by Gasteiger charge is -2.33. The van der Waals surface area contributed by atoms with Gasteiger partial charge in [0.1, 0.15) is 0 Å². The molecule has 2 aliphatic rings. The number of aromatic nitrogens is 2. The molecule has 0 bridgehead atoms. The molecule has 1 aromatic rings. The average molecular weight is 371 g/mol. The van der Waals surface area contributed by atoms with Crippen LogP contribution in [0.25, 0.3) is 0 Å². The molecule has 1 saturated heterocycles. The van der Waals surface area contributed by atoms with Gasteiger partial charge in [0.05, 0.1) is 0 Å². The van der Waals surface area contributed by atoms with E-state index in [0.29, 0.717) is 17.7 Å². The van der Waals surface area contributed by atoms with E-state index in [9.17, 15) is 4.79 Å².